The summed E-state index contributed by atoms with van der Waals surface area (Å²) in [6.45, 7) is 3.22. The Bertz CT molecular complexity index is 353. The Morgan fingerprint density at radius 2 is 1.22 bits per heavy atom. The topological polar surface area (TPSA) is 89.9 Å². The number of carboxylic acid groups (broad SMARTS) is 1. The molecule has 0 aliphatic rings. The molecule has 0 aliphatic heterocycles. The maximum absolute atomic E-state index is 11.5. The molecule has 0 radical (unpaired) electrons. The molecule has 0 saturated carbocycles. The summed E-state index contributed by atoms with van der Waals surface area (Å²) in [5.74, 6) is -1.45. The van der Waals surface area contributed by atoms with Crippen molar-refractivity contribution in [3.05, 3.63) is 0 Å². The molecule has 1 N–H and O–H groups in total. The van der Waals surface area contributed by atoms with Crippen LogP contribution < -0.4 is 0 Å². The number of carbonyl (C=O) groups excluding carboxylic acids is 2. The number of esters is 2. The Balaban J connectivity index is 3.38. The summed E-state index contributed by atoms with van der Waals surface area (Å²) in [5, 5.41) is 8.51. The number of ether oxygens (including phenoxy) is 2. The van der Waals surface area contributed by atoms with Gasteiger partial charge in [-0.25, -0.2) is 0 Å². The van der Waals surface area contributed by atoms with E-state index < -0.39 is 12.3 Å². The van der Waals surface area contributed by atoms with Crippen LogP contribution in [0.2, 0.25) is 0 Å². The summed E-state index contributed by atoms with van der Waals surface area (Å²) >= 11 is 0. The van der Waals surface area contributed by atoms with Crippen molar-refractivity contribution in [2.45, 2.75) is 90.8 Å². The second kappa shape index (κ2) is 14.0. The predicted octanol–water partition coefficient (Wildman–Crippen LogP) is 3.81. The zero-order valence-corrected chi connectivity index (χ0v) is 14.3. The van der Waals surface area contributed by atoms with E-state index in [0.717, 1.165) is 51.4 Å². The average molecular weight is 330 g/mol. The van der Waals surface area contributed by atoms with E-state index in [1.165, 1.54) is 6.92 Å². The van der Waals surface area contributed by atoms with Crippen LogP contribution in [0.25, 0.3) is 0 Å². The van der Waals surface area contributed by atoms with Crippen LogP contribution >= 0.6 is 0 Å². The molecule has 0 saturated heterocycles. The molecular formula is C17H30O6. The van der Waals surface area contributed by atoms with Gasteiger partial charge in [0.2, 0.25) is 6.29 Å². The first-order valence-electron chi connectivity index (χ1n) is 8.56. The third-order valence-electron chi connectivity index (χ3n) is 3.41. The summed E-state index contributed by atoms with van der Waals surface area (Å²) in [6.07, 6.45) is 7.83. The molecule has 1 unspecified atom stereocenters. The van der Waals surface area contributed by atoms with Gasteiger partial charge in [0.15, 0.2) is 0 Å². The van der Waals surface area contributed by atoms with Crippen molar-refractivity contribution in [1.82, 2.24) is 0 Å². The van der Waals surface area contributed by atoms with Gasteiger partial charge in [0.25, 0.3) is 0 Å². The number of carbonyl (C=O) groups is 3. The number of aliphatic carboxylic acids is 1. The molecule has 0 heterocycles. The Morgan fingerprint density at radius 3 is 1.70 bits per heavy atom. The molecule has 0 rings (SSSR count). The fourth-order valence-corrected chi connectivity index (χ4v) is 2.14. The van der Waals surface area contributed by atoms with Gasteiger partial charge in [-0.3, -0.25) is 14.4 Å². The fraction of sp³-hybridized carbons (Fsp3) is 0.824. The van der Waals surface area contributed by atoms with E-state index in [4.69, 9.17) is 14.6 Å². The number of hydrogen-bond acceptors (Lipinski definition) is 5. The quantitative estimate of drug-likeness (QED) is 0.296. The standard InChI is InChI=1S/C17H30O6/c1-3-16(20)22-14(2)23-17(21)13-11-9-7-5-4-6-8-10-12-15(18)19/h14H,3-13H2,1-2H3,(H,18,19). The van der Waals surface area contributed by atoms with Crippen LogP contribution in [0.5, 0.6) is 0 Å². The van der Waals surface area contributed by atoms with Crippen molar-refractivity contribution >= 4 is 17.9 Å². The smallest absolute Gasteiger partial charge is 0.308 e. The van der Waals surface area contributed by atoms with Crippen molar-refractivity contribution < 1.29 is 29.0 Å². The number of hydrogen-bond donors (Lipinski definition) is 1. The molecule has 1 atom stereocenters. The van der Waals surface area contributed by atoms with Crippen LogP contribution in [-0.2, 0) is 23.9 Å². The average Bonchev–Trinajstić information content (AvgIpc) is 2.48. The molecule has 6 nitrogen and oxygen atoms in total. The van der Waals surface area contributed by atoms with Gasteiger partial charge in [0, 0.05) is 26.2 Å². The highest BCUT2D eigenvalue weighted by atomic mass is 16.7. The van der Waals surface area contributed by atoms with E-state index in [-0.39, 0.29) is 24.8 Å². The molecule has 0 aromatic heterocycles. The van der Waals surface area contributed by atoms with Crippen LogP contribution in [0.15, 0.2) is 0 Å². The highest BCUT2D eigenvalue weighted by molar-refractivity contribution is 5.71. The summed E-state index contributed by atoms with van der Waals surface area (Å²) in [5.41, 5.74) is 0. The predicted molar refractivity (Wildman–Crippen MR) is 85.7 cm³/mol. The lowest BCUT2D eigenvalue weighted by molar-refractivity contribution is -0.184. The van der Waals surface area contributed by atoms with E-state index in [1.54, 1.807) is 6.92 Å². The van der Waals surface area contributed by atoms with Gasteiger partial charge in [0.1, 0.15) is 0 Å². The van der Waals surface area contributed by atoms with Gasteiger partial charge >= 0.3 is 17.9 Å². The van der Waals surface area contributed by atoms with Crippen LogP contribution in [0.4, 0.5) is 0 Å². The largest absolute Gasteiger partial charge is 0.481 e. The SMILES string of the molecule is CCC(=O)OC(C)OC(=O)CCCCCCCCCCC(=O)O. The molecule has 6 heteroatoms. The Labute approximate surface area is 138 Å². The molecule has 0 fully saturated rings. The highest BCUT2D eigenvalue weighted by Crippen LogP contribution is 2.11. The third kappa shape index (κ3) is 15.1. The lowest BCUT2D eigenvalue weighted by Crippen LogP contribution is -2.21. The van der Waals surface area contributed by atoms with Crippen molar-refractivity contribution in [1.29, 1.82) is 0 Å². The monoisotopic (exact) mass is 330 g/mol. The first kappa shape index (κ1) is 21.4. The van der Waals surface area contributed by atoms with Gasteiger partial charge in [-0.05, 0) is 12.8 Å². The molecule has 0 amide bonds. The Morgan fingerprint density at radius 1 is 0.783 bits per heavy atom. The lowest BCUT2D eigenvalue weighted by atomic mass is 10.1. The van der Waals surface area contributed by atoms with Crippen LogP contribution in [0.3, 0.4) is 0 Å². The number of carboxylic acids is 1. The van der Waals surface area contributed by atoms with Crippen molar-refractivity contribution in [3.63, 3.8) is 0 Å². The Kier molecular flexibility index (Phi) is 13.1. The minimum atomic E-state index is -0.819. The third-order valence-corrected chi connectivity index (χ3v) is 3.41. The van der Waals surface area contributed by atoms with Crippen LogP contribution in [-0.4, -0.2) is 29.3 Å². The summed E-state index contributed by atoms with van der Waals surface area (Å²) in [7, 11) is 0. The molecule has 0 spiro atoms. The van der Waals surface area contributed by atoms with E-state index in [2.05, 4.69) is 0 Å². The first-order valence-corrected chi connectivity index (χ1v) is 8.56. The first-order chi connectivity index (χ1) is 11.0. The molecule has 0 aromatic rings. The second-order valence-corrected chi connectivity index (χ2v) is 5.62. The highest BCUT2D eigenvalue weighted by Gasteiger charge is 2.12. The van der Waals surface area contributed by atoms with Crippen molar-refractivity contribution in [3.8, 4) is 0 Å². The van der Waals surface area contributed by atoms with Gasteiger partial charge in [-0.15, -0.1) is 0 Å². The van der Waals surface area contributed by atoms with Gasteiger partial charge in [0.05, 0.1) is 0 Å². The lowest BCUT2D eigenvalue weighted by Gasteiger charge is -2.13. The summed E-state index contributed by atoms with van der Waals surface area (Å²) < 4.78 is 9.84. The number of unbranched alkanes of at least 4 members (excludes halogenated alkanes) is 7. The summed E-state index contributed by atoms with van der Waals surface area (Å²) in [4.78, 5) is 32.9. The van der Waals surface area contributed by atoms with E-state index >= 15 is 0 Å². The normalized spacial score (nSPS) is 11.7. The molecular weight excluding hydrogens is 300 g/mol. The minimum absolute atomic E-state index is 0.258. The van der Waals surface area contributed by atoms with Crippen LogP contribution in [0.1, 0.15) is 84.5 Å². The molecule has 0 aromatic carbocycles. The molecule has 134 valence electrons. The maximum Gasteiger partial charge on any atom is 0.308 e. The van der Waals surface area contributed by atoms with E-state index in [9.17, 15) is 14.4 Å². The molecule has 0 aliphatic carbocycles. The molecule has 0 bridgehead atoms. The minimum Gasteiger partial charge on any atom is -0.481 e. The Hall–Kier alpha value is -1.59. The van der Waals surface area contributed by atoms with Gasteiger partial charge < -0.3 is 14.6 Å². The van der Waals surface area contributed by atoms with E-state index in [1.807, 2.05) is 0 Å². The van der Waals surface area contributed by atoms with Crippen molar-refractivity contribution in [2.24, 2.45) is 0 Å². The van der Waals surface area contributed by atoms with Gasteiger partial charge in [-0.1, -0.05) is 45.4 Å². The second-order valence-electron chi connectivity index (χ2n) is 5.62. The van der Waals surface area contributed by atoms with E-state index in [0.29, 0.717) is 6.42 Å². The maximum atomic E-state index is 11.5. The van der Waals surface area contributed by atoms with Crippen molar-refractivity contribution in [2.75, 3.05) is 0 Å². The molecule has 23 heavy (non-hydrogen) atoms. The van der Waals surface area contributed by atoms with Crippen LogP contribution in [0, 0.1) is 0 Å². The fourth-order valence-electron chi connectivity index (χ4n) is 2.14. The zero-order valence-electron chi connectivity index (χ0n) is 14.3. The van der Waals surface area contributed by atoms with Gasteiger partial charge in [-0.2, -0.15) is 0 Å². The number of rotatable bonds is 14. The zero-order chi connectivity index (χ0) is 17.5. The summed E-state index contributed by atoms with van der Waals surface area (Å²) in [6, 6.07) is 0.